The van der Waals surface area contributed by atoms with E-state index in [9.17, 15) is 0 Å². The van der Waals surface area contributed by atoms with Gasteiger partial charge in [-0.1, -0.05) is 13.3 Å². The van der Waals surface area contributed by atoms with Crippen molar-refractivity contribution in [1.29, 1.82) is 0 Å². The molecule has 0 aliphatic carbocycles. The molecule has 0 saturated carbocycles. The van der Waals surface area contributed by atoms with Crippen LogP contribution in [0.15, 0.2) is 0 Å². The molecular formula is C11H21NS2. The van der Waals surface area contributed by atoms with E-state index in [-0.39, 0.29) is 0 Å². The fraction of sp³-hybridized carbons (Fsp3) is 1.00. The second-order valence-corrected chi connectivity index (χ2v) is 7.26. The molecular weight excluding hydrogens is 210 g/mol. The van der Waals surface area contributed by atoms with Gasteiger partial charge in [-0.15, -0.1) is 0 Å². The Morgan fingerprint density at radius 2 is 2.07 bits per heavy atom. The lowest BCUT2D eigenvalue weighted by molar-refractivity contribution is 0.495. The highest BCUT2D eigenvalue weighted by Crippen LogP contribution is 2.28. The average Bonchev–Trinajstić information content (AvgIpc) is 2.63. The van der Waals surface area contributed by atoms with E-state index in [2.05, 4.69) is 35.8 Å². The molecule has 0 radical (unpaired) electrons. The lowest BCUT2D eigenvalue weighted by Crippen LogP contribution is -2.38. The van der Waals surface area contributed by atoms with Crippen molar-refractivity contribution in [2.75, 3.05) is 18.1 Å². The molecule has 3 atom stereocenters. The van der Waals surface area contributed by atoms with E-state index in [1.54, 1.807) is 0 Å². The molecule has 3 unspecified atom stereocenters. The average molecular weight is 231 g/mol. The molecule has 82 valence electrons. The first kappa shape index (κ1) is 11.2. The predicted octanol–water partition coefficient (Wildman–Crippen LogP) is 2.76. The largest absolute Gasteiger partial charge is 0.312 e. The fourth-order valence-electron chi connectivity index (χ4n) is 2.25. The van der Waals surface area contributed by atoms with Gasteiger partial charge < -0.3 is 5.32 Å². The summed E-state index contributed by atoms with van der Waals surface area (Å²) in [5.41, 5.74) is 0. The predicted molar refractivity (Wildman–Crippen MR) is 68.4 cm³/mol. The smallest absolute Gasteiger partial charge is 0.0192 e. The third-order valence-electron chi connectivity index (χ3n) is 3.26. The van der Waals surface area contributed by atoms with E-state index in [0.29, 0.717) is 0 Å². The Morgan fingerprint density at radius 3 is 2.71 bits per heavy atom. The summed E-state index contributed by atoms with van der Waals surface area (Å²) in [7, 11) is 0. The summed E-state index contributed by atoms with van der Waals surface area (Å²) in [5, 5.41) is 5.50. The van der Waals surface area contributed by atoms with Crippen LogP contribution >= 0.6 is 23.5 Å². The van der Waals surface area contributed by atoms with Crippen LogP contribution in [0.1, 0.15) is 32.6 Å². The van der Waals surface area contributed by atoms with Gasteiger partial charge in [0.15, 0.2) is 0 Å². The first-order chi connectivity index (χ1) is 6.86. The van der Waals surface area contributed by atoms with Crippen molar-refractivity contribution >= 4 is 23.5 Å². The highest BCUT2D eigenvalue weighted by molar-refractivity contribution is 8.00. The van der Waals surface area contributed by atoms with Gasteiger partial charge in [-0.25, -0.2) is 0 Å². The van der Waals surface area contributed by atoms with E-state index in [1.165, 1.54) is 43.7 Å². The molecule has 0 aromatic rings. The lowest BCUT2D eigenvalue weighted by Gasteiger charge is -2.24. The molecule has 0 bridgehead atoms. The zero-order valence-corrected chi connectivity index (χ0v) is 10.6. The maximum atomic E-state index is 3.76. The highest BCUT2D eigenvalue weighted by atomic mass is 32.2. The Bertz CT molecular complexity index is 169. The van der Waals surface area contributed by atoms with Gasteiger partial charge in [-0.05, 0) is 30.8 Å². The third kappa shape index (κ3) is 3.07. The third-order valence-corrected chi connectivity index (χ3v) is 5.98. The summed E-state index contributed by atoms with van der Waals surface area (Å²) in [4.78, 5) is 0. The van der Waals surface area contributed by atoms with Crippen molar-refractivity contribution in [3.63, 3.8) is 0 Å². The van der Waals surface area contributed by atoms with Gasteiger partial charge in [0.25, 0.3) is 0 Å². The molecule has 0 aromatic carbocycles. The van der Waals surface area contributed by atoms with Crippen LogP contribution in [0.5, 0.6) is 0 Å². The molecule has 2 aliphatic heterocycles. The normalized spacial score (nSPS) is 38.8. The van der Waals surface area contributed by atoms with E-state index >= 15 is 0 Å². The Hall–Kier alpha value is 0.660. The second kappa shape index (κ2) is 5.66. The van der Waals surface area contributed by atoms with E-state index in [0.717, 1.165) is 16.5 Å². The summed E-state index contributed by atoms with van der Waals surface area (Å²) < 4.78 is 0. The number of rotatable bonds is 3. The molecule has 3 heteroatoms. The van der Waals surface area contributed by atoms with Gasteiger partial charge in [0.05, 0.1) is 0 Å². The molecule has 14 heavy (non-hydrogen) atoms. The first-order valence-corrected chi connectivity index (χ1v) is 7.92. The topological polar surface area (TPSA) is 12.0 Å². The van der Waals surface area contributed by atoms with Crippen LogP contribution in [0.25, 0.3) is 0 Å². The van der Waals surface area contributed by atoms with Crippen LogP contribution in [0.4, 0.5) is 0 Å². The fourth-order valence-corrected chi connectivity index (χ4v) is 4.73. The minimum absolute atomic E-state index is 0.794. The summed E-state index contributed by atoms with van der Waals surface area (Å²) in [6.07, 6.45) is 5.71. The zero-order valence-electron chi connectivity index (χ0n) is 9.00. The number of nitrogens with one attached hydrogen (secondary N) is 1. The highest BCUT2D eigenvalue weighted by Gasteiger charge is 2.24. The van der Waals surface area contributed by atoms with Crippen LogP contribution in [-0.4, -0.2) is 34.6 Å². The van der Waals surface area contributed by atoms with Crippen molar-refractivity contribution in [1.82, 2.24) is 5.32 Å². The number of hydrogen-bond acceptors (Lipinski definition) is 3. The SMILES string of the molecule is CC1SCCC1NCC1CCCCS1. The Kier molecular flexibility index (Phi) is 4.51. The summed E-state index contributed by atoms with van der Waals surface area (Å²) in [6, 6.07) is 0.794. The second-order valence-electron chi connectivity index (χ2n) is 4.37. The van der Waals surface area contributed by atoms with Crippen molar-refractivity contribution in [2.45, 2.75) is 49.1 Å². The molecule has 0 amide bonds. The molecule has 2 saturated heterocycles. The molecule has 1 N–H and O–H groups in total. The van der Waals surface area contributed by atoms with Crippen molar-refractivity contribution in [2.24, 2.45) is 0 Å². The summed E-state index contributed by atoms with van der Waals surface area (Å²) >= 11 is 4.30. The minimum Gasteiger partial charge on any atom is -0.312 e. The van der Waals surface area contributed by atoms with Crippen molar-refractivity contribution in [3.05, 3.63) is 0 Å². The first-order valence-electron chi connectivity index (χ1n) is 5.83. The van der Waals surface area contributed by atoms with Gasteiger partial charge in [0, 0.05) is 23.1 Å². The van der Waals surface area contributed by atoms with Crippen LogP contribution in [0.2, 0.25) is 0 Å². The summed E-state index contributed by atoms with van der Waals surface area (Å²) in [5.74, 6) is 2.75. The van der Waals surface area contributed by atoms with Gasteiger partial charge in [-0.3, -0.25) is 0 Å². The lowest BCUT2D eigenvalue weighted by atomic mass is 10.1. The van der Waals surface area contributed by atoms with Crippen molar-refractivity contribution < 1.29 is 0 Å². The van der Waals surface area contributed by atoms with Crippen LogP contribution < -0.4 is 5.32 Å². The molecule has 0 spiro atoms. The molecule has 0 aromatic heterocycles. The van der Waals surface area contributed by atoms with E-state index < -0.39 is 0 Å². The van der Waals surface area contributed by atoms with Gasteiger partial charge in [-0.2, -0.15) is 23.5 Å². The van der Waals surface area contributed by atoms with Crippen molar-refractivity contribution in [3.8, 4) is 0 Å². The number of thioether (sulfide) groups is 2. The van der Waals surface area contributed by atoms with Crippen LogP contribution in [0.3, 0.4) is 0 Å². The Labute approximate surface area is 96.2 Å². The van der Waals surface area contributed by atoms with Crippen LogP contribution in [0, 0.1) is 0 Å². The van der Waals surface area contributed by atoms with Crippen LogP contribution in [-0.2, 0) is 0 Å². The quantitative estimate of drug-likeness (QED) is 0.802. The molecule has 2 aliphatic rings. The molecule has 2 rings (SSSR count). The van der Waals surface area contributed by atoms with Gasteiger partial charge in [0.1, 0.15) is 0 Å². The molecule has 2 heterocycles. The maximum absolute atomic E-state index is 3.76. The monoisotopic (exact) mass is 231 g/mol. The maximum Gasteiger partial charge on any atom is 0.0192 e. The van der Waals surface area contributed by atoms with E-state index in [4.69, 9.17) is 0 Å². The zero-order chi connectivity index (χ0) is 9.80. The Morgan fingerprint density at radius 1 is 1.14 bits per heavy atom. The number of hydrogen-bond donors (Lipinski definition) is 1. The van der Waals surface area contributed by atoms with E-state index in [1.807, 2.05) is 0 Å². The van der Waals surface area contributed by atoms with Gasteiger partial charge >= 0.3 is 0 Å². The minimum atomic E-state index is 0.794. The molecule has 2 fully saturated rings. The Balaban J connectivity index is 1.65. The standard InChI is InChI=1S/C11H21NS2/c1-9-11(5-7-13-9)12-8-10-4-2-3-6-14-10/h9-12H,2-8H2,1H3. The van der Waals surface area contributed by atoms with Gasteiger partial charge in [0.2, 0.25) is 0 Å². The summed E-state index contributed by atoms with van der Waals surface area (Å²) in [6.45, 7) is 3.61. The molecule has 1 nitrogen and oxygen atoms in total.